The highest BCUT2D eigenvalue weighted by atomic mass is 35.5. The third-order valence-electron chi connectivity index (χ3n) is 5.05. The van der Waals surface area contributed by atoms with Crippen molar-refractivity contribution < 1.29 is 17.9 Å². The van der Waals surface area contributed by atoms with Crippen LogP contribution in [0.25, 0.3) is 0 Å². The van der Waals surface area contributed by atoms with Crippen molar-refractivity contribution >= 4 is 27.5 Å². The highest BCUT2D eigenvalue weighted by Crippen LogP contribution is 2.32. The zero-order valence-electron chi connectivity index (χ0n) is 16.5. The van der Waals surface area contributed by atoms with E-state index in [1.165, 1.54) is 23.5 Å². The lowest BCUT2D eigenvalue weighted by Gasteiger charge is -2.31. The van der Waals surface area contributed by atoms with Gasteiger partial charge in [0.25, 0.3) is 0 Å². The summed E-state index contributed by atoms with van der Waals surface area (Å²) >= 11 is 6.01. The first kappa shape index (κ1) is 21.6. The summed E-state index contributed by atoms with van der Waals surface area (Å²) < 4.78 is 32.9. The lowest BCUT2D eigenvalue weighted by atomic mass is 9.98. The molecule has 0 saturated carbocycles. The van der Waals surface area contributed by atoms with Crippen molar-refractivity contribution in [1.82, 2.24) is 9.62 Å². The molecule has 0 spiro atoms. The topological polar surface area (TPSA) is 75.7 Å². The Balaban J connectivity index is 1.71. The molecule has 2 aromatic rings. The normalized spacial score (nSPS) is 17.7. The Morgan fingerprint density at radius 2 is 2.07 bits per heavy atom. The summed E-state index contributed by atoms with van der Waals surface area (Å²) in [5.41, 5.74) is 2.14. The molecule has 1 N–H and O–H groups in total. The van der Waals surface area contributed by atoms with Crippen LogP contribution in [0.4, 0.5) is 0 Å². The first-order chi connectivity index (χ1) is 13.8. The Kier molecular flexibility index (Phi) is 6.82. The number of carbonyl (C=O) groups excluding carboxylic acids is 1. The van der Waals surface area contributed by atoms with Gasteiger partial charge in [-0.3, -0.25) is 4.79 Å². The molecule has 1 amide bonds. The van der Waals surface area contributed by atoms with Crippen LogP contribution in [-0.2, 0) is 21.4 Å². The quantitative estimate of drug-likeness (QED) is 0.753. The molecular formula is C21H25ClN2O4S. The van der Waals surface area contributed by atoms with E-state index >= 15 is 0 Å². The number of amides is 1. The molecule has 6 nitrogen and oxygen atoms in total. The van der Waals surface area contributed by atoms with Gasteiger partial charge in [-0.25, -0.2) is 8.42 Å². The van der Waals surface area contributed by atoms with Crippen LogP contribution in [0.2, 0.25) is 5.02 Å². The van der Waals surface area contributed by atoms with Crippen molar-refractivity contribution in [3.05, 3.63) is 58.6 Å². The second-order valence-corrected chi connectivity index (χ2v) is 9.55. The van der Waals surface area contributed by atoms with Crippen LogP contribution in [0.5, 0.6) is 5.75 Å². The molecule has 1 aliphatic heterocycles. The zero-order valence-corrected chi connectivity index (χ0v) is 18.1. The summed E-state index contributed by atoms with van der Waals surface area (Å²) in [5.74, 6) is -0.293. The molecule has 3 rings (SSSR count). The van der Waals surface area contributed by atoms with Crippen LogP contribution in [0, 0.1) is 12.8 Å². The maximum Gasteiger partial charge on any atom is 0.246 e. The second kappa shape index (κ2) is 9.15. The van der Waals surface area contributed by atoms with Crippen LogP contribution in [0.3, 0.4) is 0 Å². The van der Waals surface area contributed by atoms with Crippen LogP contribution in [0.1, 0.15) is 24.0 Å². The molecule has 29 heavy (non-hydrogen) atoms. The first-order valence-electron chi connectivity index (χ1n) is 9.48. The largest absolute Gasteiger partial charge is 0.495 e. The minimum absolute atomic E-state index is 0.0216. The smallest absolute Gasteiger partial charge is 0.246 e. The lowest BCUT2D eigenvalue weighted by molar-refractivity contribution is -0.126. The molecule has 0 aliphatic carbocycles. The molecule has 0 radical (unpaired) electrons. The van der Waals surface area contributed by atoms with E-state index in [0.717, 1.165) is 11.1 Å². The molecule has 0 aromatic heterocycles. The van der Waals surface area contributed by atoms with E-state index in [0.29, 0.717) is 31.0 Å². The standard InChI is InChI=1S/C21H25ClN2O4S/c1-15-5-3-6-16(11-15)13-23-21(25)17-7-4-10-24(14-17)29(26,27)20-12-18(22)8-9-19(20)28-2/h3,5-6,8-9,11-12,17H,4,7,10,13-14H2,1-2H3,(H,23,25)/t17-/m0/s1. The average molecular weight is 437 g/mol. The summed E-state index contributed by atoms with van der Waals surface area (Å²) in [4.78, 5) is 12.7. The van der Waals surface area contributed by atoms with E-state index in [2.05, 4.69) is 5.32 Å². The number of hydrogen-bond donors (Lipinski definition) is 1. The van der Waals surface area contributed by atoms with E-state index in [9.17, 15) is 13.2 Å². The molecular weight excluding hydrogens is 412 g/mol. The number of ether oxygens (including phenoxy) is 1. The first-order valence-corrected chi connectivity index (χ1v) is 11.3. The Hall–Kier alpha value is -2.09. The summed E-state index contributed by atoms with van der Waals surface area (Å²) in [6, 6.07) is 12.4. The van der Waals surface area contributed by atoms with Crippen molar-refractivity contribution in [1.29, 1.82) is 0 Å². The molecule has 2 aromatic carbocycles. The zero-order chi connectivity index (χ0) is 21.0. The fourth-order valence-electron chi connectivity index (χ4n) is 3.52. The number of methoxy groups -OCH3 is 1. The number of nitrogens with one attached hydrogen (secondary N) is 1. The molecule has 1 fully saturated rings. The lowest BCUT2D eigenvalue weighted by Crippen LogP contribution is -2.45. The fourth-order valence-corrected chi connectivity index (χ4v) is 5.46. The van der Waals surface area contributed by atoms with Crippen LogP contribution in [0.15, 0.2) is 47.4 Å². The van der Waals surface area contributed by atoms with E-state index in [-0.39, 0.29) is 23.1 Å². The van der Waals surface area contributed by atoms with Crippen LogP contribution in [-0.4, -0.2) is 38.8 Å². The molecule has 8 heteroatoms. The van der Waals surface area contributed by atoms with Gasteiger partial charge in [-0.2, -0.15) is 4.31 Å². The molecule has 0 bridgehead atoms. The van der Waals surface area contributed by atoms with Gasteiger partial charge in [0.1, 0.15) is 10.6 Å². The van der Waals surface area contributed by atoms with Gasteiger partial charge in [-0.15, -0.1) is 0 Å². The maximum atomic E-state index is 13.2. The maximum absolute atomic E-state index is 13.2. The molecule has 1 heterocycles. The third-order valence-corrected chi connectivity index (χ3v) is 7.17. The molecule has 0 unspecified atom stereocenters. The van der Waals surface area contributed by atoms with Gasteiger partial charge < -0.3 is 10.1 Å². The molecule has 1 saturated heterocycles. The predicted octanol–water partition coefficient (Wildman–Crippen LogP) is 3.37. The monoisotopic (exact) mass is 436 g/mol. The second-order valence-electron chi connectivity index (χ2n) is 7.20. The summed E-state index contributed by atoms with van der Waals surface area (Å²) in [5, 5.41) is 3.25. The summed E-state index contributed by atoms with van der Waals surface area (Å²) in [6.07, 6.45) is 1.27. The number of aryl methyl sites for hydroxylation is 1. The van der Waals surface area contributed by atoms with Gasteiger partial charge >= 0.3 is 0 Å². The van der Waals surface area contributed by atoms with Gasteiger partial charge in [0, 0.05) is 24.7 Å². The van der Waals surface area contributed by atoms with E-state index in [1.807, 2.05) is 31.2 Å². The summed E-state index contributed by atoms with van der Waals surface area (Å²) in [7, 11) is -2.41. The van der Waals surface area contributed by atoms with Gasteiger partial charge in [0.2, 0.25) is 15.9 Å². The molecule has 1 atom stereocenters. The SMILES string of the molecule is COc1ccc(Cl)cc1S(=O)(=O)N1CCC[C@H](C(=O)NCc2cccc(C)c2)C1. The van der Waals surface area contributed by atoms with Crippen LogP contribution < -0.4 is 10.1 Å². The highest BCUT2D eigenvalue weighted by molar-refractivity contribution is 7.89. The van der Waals surface area contributed by atoms with Gasteiger partial charge in [0.15, 0.2) is 0 Å². The van der Waals surface area contributed by atoms with Gasteiger partial charge in [-0.05, 0) is 43.5 Å². The minimum Gasteiger partial charge on any atom is -0.495 e. The third kappa shape index (κ3) is 5.10. The average Bonchev–Trinajstić information content (AvgIpc) is 2.72. The number of carbonyl (C=O) groups is 1. The number of halogens is 1. The Labute approximate surface area is 176 Å². The number of rotatable bonds is 6. The number of piperidine rings is 1. The highest BCUT2D eigenvalue weighted by Gasteiger charge is 2.34. The van der Waals surface area contributed by atoms with Crippen molar-refractivity contribution in [3.8, 4) is 5.75 Å². The van der Waals surface area contributed by atoms with Crippen molar-refractivity contribution in [2.45, 2.75) is 31.2 Å². The van der Waals surface area contributed by atoms with Gasteiger partial charge in [0.05, 0.1) is 13.0 Å². The Morgan fingerprint density at radius 3 is 2.79 bits per heavy atom. The van der Waals surface area contributed by atoms with Crippen LogP contribution >= 0.6 is 11.6 Å². The Bertz CT molecular complexity index is 994. The fraction of sp³-hybridized carbons (Fsp3) is 0.381. The number of nitrogens with zero attached hydrogens (tertiary/aromatic N) is 1. The van der Waals surface area contributed by atoms with E-state index in [4.69, 9.17) is 16.3 Å². The minimum atomic E-state index is -3.82. The predicted molar refractivity (Wildman–Crippen MR) is 113 cm³/mol. The van der Waals surface area contributed by atoms with Crippen molar-refractivity contribution in [2.75, 3.05) is 20.2 Å². The molecule has 1 aliphatic rings. The van der Waals surface area contributed by atoms with E-state index in [1.54, 1.807) is 6.07 Å². The van der Waals surface area contributed by atoms with Crippen molar-refractivity contribution in [3.63, 3.8) is 0 Å². The number of benzene rings is 2. The van der Waals surface area contributed by atoms with Crippen molar-refractivity contribution in [2.24, 2.45) is 5.92 Å². The van der Waals surface area contributed by atoms with E-state index < -0.39 is 15.9 Å². The number of sulfonamides is 1. The van der Waals surface area contributed by atoms with Gasteiger partial charge in [-0.1, -0.05) is 41.4 Å². The summed E-state index contributed by atoms with van der Waals surface area (Å²) in [6.45, 7) is 2.92. The molecule has 156 valence electrons. The Morgan fingerprint density at radius 1 is 1.28 bits per heavy atom. The number of hydrogen-bond acceptors (Lipinski definition) is 4.